The van der Waals surface area contributed by atoms with Crippen LogP contribution < -0.4 is 11.1 Å². The van der Waals surface area contributed by atoms with E-state index in [4.69, 9.17) is 5.73 Å². The number of aromatic nitrogens is 1. The molecule has 1 aromatic rings. The lowest BCUT2D eigenvalue weighted by Crippen LogP contribution is -2.47. The number of nitrogens with zero attached hydrogens (tertiary/aromatic N) is 3. The van der Waals surface area contributed by atoms with Crippen molar-refractivity contribution in [1.29, 1.82) is 0 Å². The maximum Gasteiger partial charge on any atom is 0.228 e. The fraction of sp³-hybridized carbons (Fsp3) is 0.667. The highest BCUT2D eigenvalue weighted by molar-refractivity contribution is 5.92. The number of carbonyl (C=O) groups excluding carboxylic acids is 1. The average molecular weight is 370 g/mol. The highest BCUT2D eigenvalue weighted by atomic mass is 16.1. The van der Waals surface area contributed by atoms with Crippen LogP contribution in [0, 0.1) is 11.8 Å². The van der Waals surface area contributed by atoms with Gasteiger partial charge in [-0.3, -0.25) is 9.80 Å². The minimum atomic E-state index is -0.149. The number of carbonyl (C=O) groups is 1. The molecule has 3 unspecified atom stereocenters. The zero-order chi connectivity index (χ0) is 19.0. The van der Waals surface area contributed by atoms with Gasteiger partial charge in [0.15, 0.2) is 0 Å². The van der Waals surface area contributed by atoms with Gasteiger partial charge in [-0.05, 0) is 62.6 Å². The SMILES string of the molecule is CC1CCN2N=CC(C)(c3ccnc(NC(=O)[C@H]4CCC[C@@H](N)C4)c3)C2C1. The van der Waals surface area contributed by atoms with E-state index in [2.05, 4.69) is 46.5 Å². The van der Waals surface area contributed by atoms with Gasteiger partial charge in [0.2, 0.25) is 5.91 Å². The first-order valence-corrected chi connectivity index (χ1v) is 10.3. The molecule has 2 fully saturated rings. The second kappa shape index (κ2) is 7.23. The van der Waals surface area contributed by atoms with E-state index in [0.717, 1.165) is 38.6 Å². The number of hydrogen-bond donors (Lipinski definition) is 2. The Bertz CT molecular complexity index is 735. The van der Waals surface area contributed by atoms with Crippen LogP contribution in [0.5, 0.6) is 0 Å². The first kappa shape index (κ1) is 18.4. The molecule has 5 atom stereocenters. The maximum atomic E-state index is 12.7. The number of piperidine rings is 1. The Labute approximate surface area is 161 Å². The van der Waals surface area contributed by atoms with Crippen molar-refractivity contribution >= 4 is 17.9 Å². The Morgan fingerprint density at radius 3 is 3.00 bits per heavy atom. The third kappa shape index (κ3) is 3.59. The third-order valence-corrected chi connectivity index (χ3v) is 6.72. The fourth-order valence-electron chi connectivity index (χ4n) is 4.90. The van der Waals surface area contributed by atoms with Crippen molar-refractivity contribution in [3.8, 4) is 0 Å². The normalized spacial score (nSPS) is 35.7. The van der Waals surface area contributed by atoms with Crippen molar-refractivity contribution in [2.75, 3.05) is 11.9 Å². The maximum absolute atomic E-state index is 12.7. The summed E-state index contributed by atoms with van der Waals surface area (Å²) in [5.41, 5.74) is 7.06. The predicted octanol–water partition coefficient (Wildman–Crippen LogP) is 2.90. The van der Waals surface area contributed by atoms with Crippen LogP contribution in [0.15, 0.2) is 23.4 Å². The second-order valence-corrected chi connectivity index (χ2v) is 8.88. The highest BCUT2D eigenvalue weighted by Crippen LogP contribution is 2.40. The van der Waals surface area contributed by atoms with Crippen LogP contribution in [-0.2, 0) is 10.2 Å². The molecule has 0 bridgehead atoms. The van der Waals surface area contributed by atoms with Crippen molar-refractivity contribution < 1.29 is 4.79 Å². The molecule has 6 heteroatoms. The molecule has 2 aliphatic heterocycles. The van der Waals surface area contributed by atoms with E-state index >= 15 is 0 Å². The van der Waals surface area contributed by atoms with E-state index in [1.165, 1.54) is 12.0 Å². The molecular weight excluding hydrogens is 338 g/mol. The Balaban J connectivity index is 1.51. The van der Waals surface area contributed by atoms with Crippen molar-refractivity contribution in [3.05, 3.63) is 23.9 Å². The molecule has 3 aliphatic rings. The molecule has 1 saturated heterocycles. The van der Waals surface area contributed by atoms with E-state index in [0.29, 0.717) is 17.8 Å². The van der Waals surface area contributed by atoms with Crippen molar-refractivity contribution in [3.63, 3.8) is 0 Å². The van der Waals surface area contributed by atoms with Crippen LogP contribution in [0.3, 0.4) is 0 Å². The first-order chi connectivity index (χ1) is 13.0. The standard InChI is InChI=1S/C21H31N5O/c1-14-7-9-26-18(10-14)21(2,13-24-26)16-6-8-23-19(12-16)25-20(27)15-4-3-5-17(22)11-15/h6,8,12-15,17-18H,3-5,7,9-11,22H2,1-2H3,(H,23,25,27)/t14?,15-,17+,18?,21?/m0/s1. The molecule has 146 valence electrons. The number of nitrogens with one attached hydrogen (secondary N) is 1. The second-order valence-electron chi connectivity index (χ2n) is 8.88. The van der Waals surface area contributed by atoms with Gasteiger partial charge in [0.25, 0.3) is 0 Å². The van der Waals surface area contributed by atoms with Crippen LogP contribution in [0.1, 0.15) is 57.9 Å². The summed E-state index contributed by atoms with van der Waals surface area (Å²) in [6.07, 6.45) is 9.94. The van der Waals surface area contributed by atoms with Gasteiger partial charge in [-0.25, -0.2) is 4.98 Å². The summed E-state index contributed by atoms with van der Waals surface area (Å²) >= 11 is 0. The molecule has 27 heavy (non-hydrogen) atoms. The first-order valence-electron chi connectivity index (χ1n) is 10.3. The smallest absolute Gasteiger partial charge is 0.228 e. The summed E-state index contributed by atoms with van der Waals surface area (Å²) in [4.78, 5) is 17.0. The number of nitrogens with two attached hydrogens (primary N) is 1. The molecule has 0 aromatic carbocycles. The van der Waals surface area contributed by atoms with Gasteiger partial charge in [0, 0.05) is 30.9 Å². The quantitative estimate of drug-likeness (QED) is 0.858. The van der Waals surface area contributed by atoms with Gasteiger partial charge in [-0.2, -0.15) is 5.10 Å². The van der Waals surface area contributed by atoms with E-state index in [9.17, 15) is 4.79 Å². The molecule has 1 aliphatic carbocycles. The number of hydrazone groups is 1. The average Bonchev–Trinajstić information content (AvgIpc) is 2.99. The van der Waals surface area contributed by atoms with Crippen LogP contribution in [0.4, 0.5) is 5.82 Å². The molecule has 4 rings (SSSR count). The van der Waals surface area contributed by atoms with E-state index in [1.54, 1.807) is 6.20 Å². The molecule has 6 nitrogen and oxygen atoms in total. The Morgan fingerprint density at radius 2 is 2.19 bits per heavy atom. The van der Waals surface area contributed by atoms with Gasteiger partial charge >= 0.3 is 0 Å². The number of amides is 1. The van der Waals surface area contributed by atoms with Crippen molar-refractivity contribution in [1.82, 2.24) is 9.99 Å². The summed E-state index contributed by atoms with van der Waals surface area (Å²) < 4.78 is 0. The van der Waals surface area contributed by atoms with Gasteiger partial charge in [0.1, 0.15) is 5.82 Å². The summed E-state index contributed by atoms with van der Waals surface area (Å²) in [5.74, 6) is 1.39. The monoisotopic (exact) mass is 369 g/mol. The van der Waals surface area contributed by atoms with E-state index in [-0.39, 0.29) is 23.3 Å². The van der Waals surface area contributed by atoms with Gasteiger partial charge < -0.3 is 11.1 Å². The summed E-state index contributed by atoms with van der Waals surface area (Å²) in [6.45, 7) is 5.60. The summed E-state index contributed by atoms with van der Waals surface area (Å²) in [5, 5.41) is 9.95. The topological polar surface area (TPSA) is 83.6 Å². The molecule has 3 N–H and O–H groups in total. The van der Waals surface area contributed by atoms with Crippen LogP contribution in [-0.4, -0.2) is 40.7 Å². The highest BCUT2D eigenvalue weighted by Gasteiger charge is 2.45. The number of pyridine rings is 1. The van der Waals surface area contributed by atoms with Crippen molar-refractivity contribution in [2.45, 2.75) is 69.9 Å². The summed E-state index contributed by atoms with van der Waals surface area (Å²) in [6, 6.07) is 4.60. The molecule has 0 spiro atoms. The third-order valence-electron chi connectivity index (χ3n) is 6.72. The zero-order valence-corrected chi connectivity index (χ0v) is 16.4. The Morgan fingerprint density at radius 1 is 1.33 bits per heavy atom. The van der Waals surface area contributed by atoms with E-state index < -0.39 is 0 Å². The molecule has 1 amide bonds. The molecule has 1 saturated carbocycles. The molecular formula is C21H31N5O. The van der Waals surface area contributed by atoms with Crippen LogP contribution in [0.2, 0.25) is 0 Å². The Kier molecular flexibility index (Phi) is 4.93. The lowest BCUT2D eigenvalue weighted by molar-refractivity contribution is -0.120. The van der Waals surface area contributed by atoms with Gasteiger partial charge in [-0.15, -0.1) is 0 Å². The molecule has 3 heterocycles. The van der Waals surface area contributed by atoms with Crippen LogP contribution >= 0.6 is 0 Å². The van der Waals surface area contributed by atoms with E-state index in [1.807, 2.05) is 6.07 Å². The fourth-order valence-corrected chi connectivity index (χ4v) is 4.90. The predicted molar refractivity (Wildman–Crippen MR) is 108 cm³/mol. The minimum absolute atomic E-state index is 0.00229. The minimum Gasteiger partial charge on any atom is -0.328 e. The lowest BCUT2D eigenvalue weighted by atomic mass is 9.73. The van der Waals surface area contributed by atoms with Crippen LogP contribution in [0.25, 0.3) is 0 Å². The van der Waals surface area contributed by atoms with Gasteiger partial charge in [-0.1, -0.05) is 13.3 Å². The number of rotatable bonds is 3. The lowest BCUT2D eigenvalue weighted by Gasteiger charge is -2.40. The number of hydrogen-bond acceptors (Lipinski definition) is 5. The Hall–Kier alpha value is -1.95. The van der Waals surface area contributed by atoms with Crippen molar-refractivity contribution in [2.24, 2.45) is 22.7 Å². The number of anilines is 1. The van der Waals surface area contributed by atoms with Gasteiger partial charge in [0.05, 0.1) is 11.5 Å². The molecule has 0 radical (unpaired) electrons. The zero-order valence-electron chi connectivity index (χ0n) is 16.4. The summed E-state index contributed by atoms with van der Waals surface area (Å²) in [7, 11) is 0. The molecule has 1 aromatic heterocycles. The largest absolute Gasteiger partial charge is 0.328 e. The number of fused-ring (bicyclic) bond motifs is 1.